The smallest absolute Gasteiger partial charge is 0.266 e. The van der Waals surface area contributed by atoms with Crippen LogP contribution in [-0.4, -0.2) is 48.8 Å². The van der Waals surface area contributed by atoms with Gasteiger partial charge in [0.1, 0.15) is 11.8 Å². The SMILES string of the molecule is C=CCN1C(=O)[C@H](Oc2ccccc2)[C@@H]1[C@H](O)/C=C(\Cl)C[Si](C)(C)C. The number of aliphatic hydroxyl groups is 1. The van der Waals surface area contributed by atoms with Gasteiger partial charge in [-0.1, -0.05) is 55.5 Å². The molecule has 25 heavy (non-hydrogen) atoms. The molecule has 0 spiro atoms. The Morgan fingerprint density at radius 1 is 1.40 bits per heavy atom. The number of hydrogen-bond donors (Lipinski definition) is 1. The Morgan fingerprint density at radius 3 is 2.60 bits per heavy atom. The molecular formula is C19H26ClNO3Si. The Bertz CT molecular complexity index is 642. The lowest BCUT2D eigenvalue weighted by atomic mass is 9.92. The second kappa shape index (κ2) is 8.21. The zero-order valence-electron chi connectivity index (χ0n) is 15.0. The van der Waals surface area contributed by atoms with E-state index < -0.39 is 26.3 Å². The highest BCUT2D eigenvalue weighted by Crippen LogP contribution is 2.30. The van der Waals surface area contributed by atoms with Crippen LogP contribution in [0.4, 0.5) is 0 Å². The van der Waals surface area contributed by atoms with E-state index in [9.17, 15) is 9.90 Å². The average molecular weight is 380 g/mol. The first-order valence-corrected chi connectivity index (χ1v) is 12.5. The summed E-state index contributed by atoms with van der Waals surface area (Å²) in [4.78, 5) is 14.0. The van der Waals surface area contributed by atoms with Gasteiger partial charge in [0.2, 0.25) is 0 Å². The van der Waals surface area contributed by atoms with Crippen LogP contribution in [0.3, 0.4) is 0 Å². The standard InChI is InChI=1S/C19H26ClNO3Si/c1-5-11-21-17(16(22)12-14(20)13-25(2,3)4)18(19(21)23)24-15-9-7-6-8-10-15/h5-10,12,16-18,22H,1,11,13H2,2-4H3/b14-12-/t16-,17+,18-/m1/s1. The lowest BCUT2D eigenvalue weighted by Gasteiger charge is -2.47. The van der Waals surface area contributed by atoms with Crippen molar-refractivity contribution >= 4 is 25.6 Å². The molecule has 136 valence electrons. The van der Waals surface area contributed by atoms with Crippen LogP contribution in [0.1, 0.15) is 0 Å². The highest BCUT2D eigenvalue weighted by molar-refractivity contribution is 6.77. The first-order chi connectivity index (χ1) is 11.7. The maximum atomic E-state index is 12.4. The van der Waals surface area contributed by atoms with E-state index in [1.807, 2.05) is 18.2 Å². The molecule has 6 heteroatoms. The molecule has 0 radical (unpaired) electrons. The molecule has 1 aromatic rings. The fourth-order valence-corrected chi connectivity index (χ4v) is 5.33. The molecule has 0 bridgehead atoms. The third-order valence-electron chi connectivity index (χ3n) is 3.93. The number of likely N-dealkylation sites (tertiary alicyclic amines) is 1. The minimum Gasteiger partial charge on any atom is -0.478 e. The summed E-state index contributed by atoms with van der Waals surface area (Å²) in [5.74, 6) is 0.455. The van der Waals surface area contributed by atoms with Gasteiger partial charge in [0.05, 0.1) is 6.10 Å². The van der Waals surface area contributed by atoms with E-state index in [2.05, 4.69) is 26.2 Å². The van der Waals surface area contributed by atoms with Gasteiger partial charge >= 0.3 is 0 Å². The fraction of sp³-hybridized carbons (Fsp3) is 0.421. The number of β-lactam (4-membered cyclic amide) rings is 1. The van der Waals surface area contributed by atoms with Crippen molar-refractivity contribution in [2.45, 2.75) is 43.9 Å². The fourth-order valence-electron chi connectivity index (χ4n) is 2.87. The third kappa shape index (κ3) is 5.20. The number of nitrogens with zero attached hydrogens (tertiary/aromatic N) is 1. The summed E-state index contributed by atoms with van der Waals surface area (Å²) in [5, 5.41) is 11.3. The van der Waals surface area contributed by atoms with E-state index >= 15 is 0 Å². The number of para-hydroxylation sites is 1. The molecule has 1 saturated heterocycles. The third-order valence-corrected chi connectivity index (χ3v) is 5.85. The summed E-state index contributed by atoms with van der Waals surface area (Å²) < 4.78 is 5.81. The second-order valence-electron chi connectivity index (χ2n) is 7.46. The molecule has 1 fully saturated rings. The van der Waals surface area contributed by atoms with Gasteiger partial charge in [0, 0.05) is 19.7 Å². The number of amides is 1. The summed E-state index contributed by atoms with van der Waals surface area (Å²) in [6.45, 7) is 10.7. The molecule has 3 atom stereocenters. The Labute approximate surface area is 155 Å². The zero-order valence-corrected chi connectivity index (χ0v) is 16.7. The molecule has 0 aliphatic carbocycles. The van der Waals surface area contributed by atoms with Crippen molar-refractivity contribution in [1.82, 2.24) is 4.90 Å². The minimum atomic E-state index is -1.38. The second-order valence-corrected chi connectivity index (χ2v) is 13.4. The molecule has 4 nitrogen and oxygen atoms in total. The van der Waals surface area contributed by atoms with Crippen LogP contribution in [-0.2, 0) is 4.79 Å². The van der Waals surface area contributed by atoms with Crippen LogP contribution in [0, 0.1) is 0 Å². The number of allylic oxidation sites excluding steroid dienone is 1. The van der Waals surface area contributed by atoms with Crippen molar-refractivity contribution in [1.29, 1.82) is 0 Å². The first kappa shape index (κ1) is 19.8. The number of ether oxygens (including phenoxy) is 1. The normalized spacial score (nSPS) is 22.4. The van der Waals surface area contributed by atoms with Crippen LogP contribution in [0.15, 0.2) is 54.1 Å². The molecule has 0 unspecified atom stereocenters. The lowest BCUT2D eigenvalue weighted by molar-refractivity contribution is -0.168. The lowest BCUT2D eigenvalue weighted by Crippen LogP contribution is -2.70. The first-order valence-electron chi connectivity index (χ1n) is 8.40. The summed E-state index contributed by atoms with van der Waals surface area (Å²) in [5.41, 5.74) is 0. The van der Waals surface area contributed by atoms with E-state index in [1.54, 1.807) is 29.2 Å². The van der Waals surface area contributed by atoms with Crippen molar-refractivity contribution in [3.8, 4) is 5.75 Å². The summed E-state index contributed by atoms with van der Waals surface area (Å²) >= 11 is 6.33. The Balaban J connectivity index is 2.15. The van der Waals surface area contributed by atoms with Crippen molar-refractivity contribution in [2.75, 3.05) is 6.54 Å². The molecule has 0 aromatic heterocycles. The molecule has 1 N–H and O–H groups in total. The van der Waals surface area contributed by atoms with Gasteiger partial charge in [-0.25, -0.2) is 0 Å². The highest BCUT2D eigenvalue weighted by atomic mass is 35.5. The number of hydrogen-bond acceptors (Lipinski definition) is 3. The Kier molecular flexibility index (Phi) is 6.49. The molecule has 1 aliphatic heterocycles. The minimum absolute atomic E-state index is 0.150. The largest absolute Gasteiger partial charge is 0.478 e. The Morgan fingerprint density at radius 2 is 2.04 bits per heavy atom. The van der Waals surface area contributed by atoms with Crippen molar-refractivity contribution < 1.29 is 14.6 Å². The Hall–Kier alpha value is -1.56. The topological polar surface area (TPSA) is 49.8 Å². The predicted molar refractivity (Wildman–Crippen MR) is 105 cm³/mol. The van der Waals surface area contributed by atoms with E-state index in [1.165, 1.54) is 0 Å². The number of carbonyl (C=O) groups excluding carboxylic acids is 1. The van der Waals surface area contributed by atoms with Crippen molar-refractivity contribution in [3.05, 3.63) is 54.1 Å². The maximum absolute atomic E-state index is 12.4. The average Bonchev–Trinajstić information content (AvgIpc) is 2.52. The van der Waals surface area contributed by atoms with Gasteiger partial charge in [-0.05, 0) is 24.3 Å². The van der Waals surface area contributed by atoms with Crippen LogP contribution in [0.5, 0.6) is 5.75 Å². The monoisotopic (exact) mass is 379 g/mol. The van der Waals surface area contributed by atoms with E-state index in [4.69, 9.17) is 16.3 Å². The molecule has 1 aromatic carbocycles. The molecular weight excluding hydrogens is 354 g/mol. The van der Waals surface area contributed by atoms with E-state index in [0.717, 1.165) is 6.04 Å². The zero-order chi connectivity index (χ0) is 18.6. The van der Waals surface area contributed by atoms with Crippen LogP contribution >= 0.6 is 11.6 Å². The summed E-state index contributed by atoms with van der Waals surface area (Å²) in [7, 11) is -1.38. The van der Waals surface area contributed by atoms with Crippen LogP contribution in [0.25, 0.3) is 0 Å². The van der Waals surface area contributed by atoms with Gasteiger partial charge < -0.3 is 14.7 Å². The quantitative estimate of drug-likeness (QED) is 0.426. The van der Waals surface area contributed by atoms with Crippen LogP contribution in [0.2, 0.25) is 25.7 Å². The number of aliphatic hydroxyl groups excluding tert-OH is 1. The summed E-state index contributed by atoms with van der Waals surface area (Å²) in [6.07, 6.45) is 1.69. The number of halogens is 1. The molecule has 2 rings (SSSR count). The molecule has 1 heterocycles. The van der Waals surface area contributed by atoms with Crippen molar-refractivity contribution in [2.24, 2.45) is 0 Å². The van der Waals surface area contributed by atoms with Gasteiger partial charge in [-0.3, -0.25) is 4.79 Å². The number of carbonyl (C=O) groups is 1. The molecule has 1 aliphatic rings. The van der Waals surface area contributed by atoms with Gasteiger partial charge in [-0.2, -0.15) is 0 Å². The van der Waals surface area contributed by atoms with Gasteiger partial charge in [0.25, 0.3) is 5.91 Å². The van der Waals surface area contributed by atoms with Crippen molar-refractivity contribution in [3.63, 3.8) is 0 Å². The van der Waals surface area contributed by atoms with Gasteiger partial charge in [0.15, 0.2) is 6.10 Å². The number of rotatable bonds is 8. The van der Waals surface area contributed by atoms with Gasteiger partial charge in [-0.15, -0.1) is 6.58 Å². The van der Waals surface area contributed by atoms with E-state index in [0.29, 0.717) is 17.3 Å². The highest BCUT2D eigenvalue weighted by Gasteiger charge is 2.51. The van der Waals surface area contributed by atoms with Crippen LogP contribution < -0.4 is 4.74 Å². The maximum Gasteiger partial charge on any atom is 0.266 e. The summed E-state index contributed by atoms with van der Waals surface area (Å²) in [6, 6.07) is 9.47. The van der Waals surface area contributed by atoms with E-state index in [-0.39, 0.29) is 5.91 Å². The predicted octanol–water partition coefficient (Wildman–Crippen LogP) is 3.65. The molecule has 1 amide bonds. The molecule has 0 saturated carbocycles. The number of benzene rings is 1.